The van der Waals surface area contributed by atoms with E-state index in [9.17, 15) is 0 Å². The molecule has 0 N–H and O–H groups in total. The number of fused-ring (bicyclic) bond motifs is 5. The maximum Gasteiger partial charge on any atom is 0.0613 e. The molecular formula is C41H31N. The molecule has 0 atom stereocenters. The van der Waals surface area contributed by atoms with Crippen molar-refractivity contribution in [3.63, 3.8) is 0 Å². The lowest BCUT2D eigenvalue weighted by atomic mass is 9.81. The van der Waals surface area contributed by atoms with Gasteiger partial charge < -0.3 is 4.57 Å². The van der Waals surface area contributed by atoms with Crippen LogP contribution < -0.4 is 0 Å². The van der Waals surface area contributed by atoms with E-state index in [1.54, 1.807) is 0 Å². The molecule has 0 saturated carbocycles. The molecule has 0 spiro atoms. The average Bonchev–Trinajstić information content (AvgIpc) is 3.41. The van der Waals surface area contributed by atoms with E-state index < -0.39 is 0 Å². The lowest BCUT2D eigenvalue weighted by Crippen LogP contribution is -2.14. The molecule has 0 fully saturated rings. The Morgan fingerprint density at radius 1 is 0.524 bits per heavy atom. The zero-order valence-electron chi connectivity index (χ0n) is 24.4. The van der Waals surface area contributed by atoms with Gasteiger partial charge in [0, 0.05) is 27.6 Å². The normalized spacial score (nSPS) is 13.9. The highest BCUT2D eigenvalue weighted by Gasteiger charge is 2.35. The van der Waals surface area contributed by atoms with E-state index in [0.29, 0.717) is 0 Å². The van der Waals surface area contributed by atoms with Crippen LogP contribution in [0.1, 0.15) is 36.2 Å². The van der Waals surface area contributed by atoms with Crippen molar-refractivity contribution in [1.29, 1.82) is 0 Å². The van der Waals surface area contributed by atoms with Crippen molar-refractivity contribution < 1.29 is 0 Å². The standard InChI is InChI=1S/C41H31N/c1-24-25(2)42(40-34-21-16-28-9-7-8-27-12-13-30(22-35(24)40)39(34)38(27)28)31-18-14-26(15-19-31)29-17-20-33-32-10-5-6-11-36(32)41(3,4)37(33)23-29/h5-23H,1-4H3. The van der Waals surface area contributed by atoms with Crippen LogP contribution in [0.2, 0.25) is 0 Å². The fourth-order valence-corrected chi connectivity index (χ4v) is 7.86. The second-order valence-corrected chi connectivity index (χ2v) is 12.7. The Bertz CT molecular complexity index is 2360. The Kier molecular flexibility index (Phi) is 4.59. The topological polar surface area (TPSA) is 4.93 Å². The third kappa shape index (κ3) is 2.98. The van der Waals surface area contributed by atoms with Crippen molar-refractivity contribution in [2.45, 2.75) is 33.1 Å². The van der Waals surface area contributed by atoms with Crippen LogP contribution >= 0.6 is 0 Å². The fraction of sp³-hybridized carbons (Fsp3) is 0.122. The molecule has 7 aromatic carbocycles. The van der Waals surface area contributed by atoms with Crippen molar-refractivity contribution in [2.24, 2.45) is 0 Å². The summed E-state index contributed by atoms with van der Waals surface area (Å²) in [5.74, 6) is 0. The van der Waals surface area contributed by atoms with Gasteiger partial charge in [-0.15, -0.1) is 0 Å². The maximum atomic E-state index is 2.47. The SMILES string of the molecule is Cc1c(C)n(-c2ccc(-c3ccc4c(c3)C(C)(C)c3ccccc3-4)cc2)c2c1cc1ccc3cccc4ccc2c1c34. The third-order valence-electron chi connectivity index (χ3n) is 10.2. The molecule has 0 amide bonds. The lowest BCUT2D eigenvalue weighted by Gasteiger charge is -2.22. The largest absolute Gasteiger partial charge is 0.313 e. The second-order valence-electron chi connectivity index (χ2n) is 12.7. The summed E-state index contributed by atoms with van der Waals surface area (Å²) in [6.07, 6.45) is 0. The van der Waals surface area contributed by atoms with Crippen molar-refractivity contribution in [3.8, 4) is 27.9 Å². The summed E-state index contributed by atoms with van der Waals surface area (Å²) in [4.78, 5) is 0. The molecule has 1 heterocycles. The van der Waals surface area contributed by atoms with E-state index in [4.69, 9.17) is 0 Å². The van der Waals surface area contributed by atoms with Crippen LogP contribution in [0.4, 0.5) is 0 Å². The third-order valence-corrected chi connectivity index (χ3v) is 10.2. The number of aromatic nitrogens is 1. The highest BCUT2D eigenvalue weighted by Crippen LogP contribution is 2.49. The molecule has 1 aromatic heterocycles. The molecule has 0 aliphatic heterocycles. The number of benzene rings is 7. The van der Waals surface area contributed by atoms with Crippen molar-refractivity contribution in [1.82, 2.24) is 4.57 Å². The van der Waals surface area contributed by atoms with E-state index >= 15 is 0 Å². The summed E-state index contributed by atoms with van der Waals surface area (Å²) >= 11 is 0. The molecule has 42 heavy (non-hydrogen) atoms. The minimum absolute atomic E-state index is 0.00227. The number of hydrogen-bond donors (Lipinski definition) is 0. The number of nitrogens with zero attached hydrogens (tertiary/aromatic N) is 1. The average molecular weight is 538 g/mol. The van der Waals surface area contributed by atoms with Crippen LogP contribution in [0, 0.1) is 13.8 Å². The van der Waals surface area contributed by atoms with Gasteiger partial charge >= 0.3 is 0 Å². The van der Waals surface area contributed by atoms with Gasteiger partial charge in [-0.25, -0.2) is 0 Å². The lowest BCUT2D eigenvalue weighted by molar-refractivity contribution is 0.660. The molecular weight excluding hydrogens is 506 g/mol. The number of hydrogen-bond acceptors (Lipinski definition) is 0. The minimum Gasteiger partial charge on any atom is -0.313 e. The van der Waals surface area contributed by atoms with Crippen LogP contribution in [0.25, 0.3) is 71.2 Å². The summed E-state index contributed by atoms with van der Waals surface area (Å²) in [7, 11) is 0. The first-order valence-corrected chi connectivity index (χ1v) is 15.0. The second kappa shape index (κ2) is 8.11. The van der Waals surface area contributed by atoms with E-state index in [0.717, 1.165) is 0 Å². The smallest absolute Gasteiger partial charge is 0.0613 e. The van der Waals surface area contributed by atoms with Crippen LogP contribution in [0.3, 0.4) is 0 Å². The molecule has 1 aliphatic carbocycles. The Balaban J connectivity index is 1.21. The maximum absolute atomic E-state index is 2.47. The summed E-state index contributed by atoms with van der Waals surface area (Å²) in [5.41, 5.74) is 13.3. The summed E-state index contributed by atoms with van der Waals surface area (Å²) in [5, 5.41) is 9.34. The molecule has 1 nitrogen and oxygen atoms in total. The quantitative estimate of drug-likeness (QED) is 0.193. The molecule has 0 radical (unpaired) electrons. The van der Waals surface area contributed by atoms with E-state index in [1.807, 2.05) is 0 Å². The van der Waals surface area contributed by atoms with Crippen molar-refractivity contribution in [3.05, 3.63) is 138 Å². The first kappa shape index (κ1) is 23.8. The van der Waals surface area contributed by atoms with Gasteiger partial charge in [0.25, 0.3) is 0 Å². The van der Waals surface area contributed by atoms with E-state index in [2.05, 4.69) is 148 Å². The molecule has 9 rings (SSSR count). The minimum atomic E-state index is 0.00227. The van der Waals surface area contributed by atoms with Crippen molar-refractivity contribution >= 4 is 43.2 Å². The van der Waals surface area contributed by atoms with E-state index in [-0.39, 0.29) is 5.41 Å². The Labute approximate surface area is 246 Å². The Morgan fingerprint density at radius 2 is 1.21 bits per heavy atom. The molecule has 0 saturated heterocycles. The summed E-state index contributed by atoms with van der Waals surface area (Å²) in [6, 6.07) is 43.3. The van der Waals surface area contributed by atoms with Crippen LogP contribution in [-0.2, 0) is 5.41 Å². The first-order chi connectivity index (χ1) is 20.4. The molecule has 8 aromatic rings. The molecule has 1 heteroatoms. The van der Waals surface area contributed by atoms with Crippen molar-refractivity contribution in [2.75, 3.05) is 0 Å². The number of aryl methyl sites for hydroxylation is 1. The first-order valence-electron chi connectivity index (χ1n) is 15.0. The van der Waals surface area contributed by atoms with Crippen LogP contribution in [0.5, 0.6) is 0 Å². The van der Waals surface area contributed by atoms with Gasteiger partial charge in [-0.2, -0.15) is 0 Å². The monoisotopic (exact) mass is 537 g/mol. The zero-order chi connectivity index (χ0) is 28.3. The predicted molar refractivity (Wildman–Crippen MR) is 179 cm³/mol. The Hall–Kier alpha value is -4.88. The molecule has 0 unspecified atom stereocenters. The van der Waals surface area contributed by atoms with Gasteiger partial charge in [0.05, 0.1) is 5.52 Å². The zero-order valence-corrected chi connectivity index (χ0v) is 24.4. The van der Waals surface area contributed by atoms with Gasteiger partial charge in [-0.05, 0) is 104 Å². The molecule has 200 valence electrons. The highest BCUT2D eigenvalue weighted by molar-refractivity contribution is 6.29. The van der Waals surface area contributed by atoms with Crippen LogP contribution in [0.15, 0.2) is 115 Å². The van der Waals surface area contributed by atoms with Gasteiger partial charge in [0.2, 0.25) is 0 Å². The van der Waals surface area contributed by atoms with Gasteiger partial charge in [-0.1, -0.05) is 105 Å². The fourth-order valence-electron chi connectivity index (χ4n) is 7.86. The highest BCUT2D eigenvalue weighted by atomic mass is 15.0. The van der Waals surface area contributed by atoms with Gasteiger partial charge in [-0.3, -0.25) is 0 Å². The summed E-state index contributed by atoms with van der Waals surface area (Å²) in [6.45, 7) is 9.23. The van der Waals surface area contributed by atoms with Crippen LogP contribution in [-0.4, -0.2) is 4.57 Å². The van der Waals surface area contributed by atoms with Gasteiger partial charge in [0.15, 0.2) is 0 Å². The van der Waals surface area contributed by atoms with Gasteiger partial charge in [0.1, 0.15) is 0 Å². The molecule has 0 bridgehead atoms. The van der Waals surface area contributed by atoms with E-state index in [1.165, 1.54) is 93.5 Å². The predicted octanol–water partition coefficient (Wildman–Crippen LogP) is 11.1. The summed E-state index contributed by atoms with van der Waals surface area (Å²) < 4.78 is 2.47. The number of rotatable bonds is 2. The molecule has 1 aliphatic rings. The Morgan fingerprint density at radius 3 is 2.02 bits per heavy atom.